The number of nitrogens with one attached hydrogen (secondary N) is 1. The Morgan fingerprint density at radius 1 is 1.47 bits per heavy atom. The molecular formula is C12H17N3OS. The molecule has 1 fully saturated rings. The Kier molecular flexibility index (Phi) is 4.70. The highest BCUT2D eigenvalue weighted by Gasteiger charge is 2.12. The van der Waals surface area contributed by atoms with Crippen LogP contribution in [0, 0.1) is 0 Å². The molecule has 1 N–H and O–H groups in total. The van der Waals surface area contributed by atoms with E-state index in [1.165, 1.54) is 19.3 Å². The van der Waals surface area contributed by atoms with Crippen molar-refractivity contribution in [2.24, 2.45) is 5.10 Å². The second-order valence-corrected chi connectivity index (χ2v) is 5.12. The molecule has 1 aromatic rings. The Hall–Kier alpha value is -1.20. The molecule has 1 aliphatic heterocycles. The molecule has 92 valence electrons. The first-order valence-corrected chi connectivity index (χ1v) is 6.80. The van der Waals surface area contributed by atoms with Crippen LogP contribution in [0.4, 0.5) is 0 Å². The zero-order chi connectivity index (χ0) is 11.9. The largest absolute Gasteiger partial charge is 0.294 e. The average Bonchev–Trinajstić information content (AvgIpc) is 2.83. The van der Waals surface area contributed by atoms with E-state index in [9.17, 15) is 4.79 Å². The summed E-state index contributed by atoms with van der Waals surface area (Å²) in [5.74, 6) is -0.0280. The minimum atomic E-state index is -0.0280. The van der Waals surface area contributed by atoms with E-state index in [4.69, 9.17) is 0 Å². The number of carbonyl (C=O) groups is 1. The third-order valence-corrected chi connectivity index (χ3v) is 3.55. The maximum absolute atomic E-state index is 11.6. The standard InChI is InChI=1S/C12H17N3OS/c16-12(10-15-6-2-1-3-7-15)14-13-9-11-5-4-8-17-11/h4-5,8-9H,1-3,6-7,10H2,(H,14,16)/b13-9-. The van der Waals surface area contributed by atoms with Gasteiger partial charge in [-0.1, -0.05) is 12.5 Å². The van der Waals surface area contributed by atoms with Crippen molar-refractivity contribution in [3.8, 4) is 0 Å². The van der Waals surface area contributed by atoms with Crippen LogP contribution in [0.3, 0.4) is 0 Å². The van der Waals surface area contributed by atoms with Crippen molar-refractivity contribution in [3.05, 3.63) is 22.4 Å². The predicted molar refractivity (Wildman–Crippen MR) is 70.3 cm³/mol. The SMILES string of the molecule is O=C(CN1CCCCC1)N/N=C\c1cccs1. The number of thiophene rings is 1. The van der Waals surface area contributed by atoms with Crippen LogP contribution in [0.25, 0.3) is 0 Å². The molecule has 4 nitrogen and oxygen atoms in total. The molecule has 1 aromatic heterocycles. The number of likely N-dealkylation sites (tertiary alicyclic amines) is 1. The van der Waals surface area contributed by atoms with Crippen LogP contribution in [0.2, 0.25) is 0 Å². The highest BCUT2D eigenvalue weighted by Crippen LogP contribution is 2.07. The van der Waals surface area contributed by atoms with Gasteiger partial charge in [0.1, 0.15) is 0 Å². The molecule has 0 unspecified atom stereocenters. The lowest BCUT2D eigenvalue weighted by Gasteiger charge is -2.25. The summed E-state index contributed by atoms with van der Waals surface area (Å²) in [5, 5.41) is 5.92. The van der Waals surface area contributed by atoms with Crippen LogP contribution in [-0.2, 0) is 4.79 Å². The van der Waals surface area contributed by atoms with Gasteiger partial charge in [0.25, 0.3) is 5.91 Å². The van der Waals surface area contributed by atoms with Gasteiger partial charge in [-0.3, -0.25) is 9.69 Å². The number of amides is 1. The summed E-state index contributed by atoms with van der Waals surface area (Å²) in [7, 11) is 0. The molecular weight excluding hydrogens is 234 g/mol. The van der Waals surface area contributed by atoms with Gasteiger partial charge in [-0.2, -0.15) is 5.10 Å². The van der Waals surface area contributed by atoms with Crippen molar-refractivity contribution in [2.75, 3.05) is 19.6 Å². The van der Waals surface area contributed by atoms with Gasteiger partial charge in [-0.25, -0.2) is 5.43 Å². The molecule has 1 aliphatic rings. The van der Waals surface area contributed by atoms with E-state index in [2.05, 4.69) is 15.4 Å². The maximum atomic E-state index is 11.6. The number of carbonyl (C=O) groups excluding carboxylic acids is 1. The Morgan fingerprint density at radius 3 is 3.00 bits per heavy atom. The molecule has 5 heteroatoms. The topological polar surface area (TPSA) is 44.7 Å². The van der Waals surface area contributed by atoms with Crippen LogP contribution in [-0.4, -0.2) is 36.7 Å². The first kappa shape index (κ1) is 12.3. The van der Waals surface area contributed by atoms with Crippen LogP contribution >= 0.6 is 11.3 Å². The van der Waals surface area contributed by atoms with Gasteiger partial charge in [0, 0.05) is 4.88 Å². The van der Waals surface area contributed by atoms with E-state index in [0.29, 0.717) is 6.54 Å². The number of hydrazone groups is 1. The Balaban J connectivity index is 1.70. The minimum Gasteiger partial charge on any atom is -0.294 e. The van der Waals surface area contributed by atoms with Crippen LogP contribution in [0.1, 0.15) is 24.1 Å². The molecule has 1 saturated heterocycles. The molecule has 0 bridgehead atoms. The molecule has 0 aromatic carbocycles. The molecule has 0 aliphatic carbocycles. The zero-order valence-electron chi connectivity index (χ0n) is 9.76. The third-order valence-electron chi connectivity index (χ3n) is 2.74. The lowest BCUT2D eigenvalue weighted by atomic mass is 10.1. The van der Waals surface area contributed by atoms with Crippen molar-refractivity contribution < 1.29 is 4.79 Å². The second kappa shape index (κ2) is 6.51. The van der Waals surface area contributed by atoms with Gasteiger partial charge in [0.05, 0.1) is 12.8 Å². The van der Waals surface area contributed by atoms with E-state index in [1.807, 2.05) is 17.5 Å². The molecule has 0 atom stereocenters. The van der Waals surface area contributed by atoms with Gasteiger partial charge in [0.15, 0.2) is 0 Å². The molecule has 0 saturated carbocycles. The number of rotatable bonds is 4. The normalized spacial score (nSPS) is 17.4. The summed E-state index contributed by atoms with van der Waals surface area (Å²) >= 11 is 1.60. The Morgan fingerprint density at radius 2 is 2.29 bits per heavy atom. The van der Waals surface area contributed by atoms with Crippen LogP contribution in [0.5, 0.6) is 0 Å². The fourth-order valence-electron chi connectivity index (χ4n) is 1.89. The van der Waals surface area contributed by atoms with Crippen molar-refractivity contribution in [1.29, 1.82) is 0 Å². The van der Waals surface area contributed by atoms with Crippen LogP contribution < -0.4 is 5.43 Å². The van der Waals surface area contributed by atoms with Gasteiger partial charge < -0.3 is 0 Å². The van der Waals surface area contributed by atoms with E-state index in [-0.39, 0.29) is 5.91 Å². The second-order valence-electron chi connectivity index (χ2n) is 4.15. The number of hydrogen-bond donors (Lipinski definition) is 1. The van der Waals surface area contributed by atoms with Gasteiger partial charge >= 0.3 is 0 Å². The molecule has 0 radical (unpaired) electrons. The number of piperidine rings is 1. The summed E-state index contributed by atoms with van der Waals surface area (Å²) in [4.78, 5) is 14.8. The minimum absolute atomic E-state index is 0.0280. The monoisotopic (exact) mass is 251 g/mol. The van der Waals surface area contributed by atoms with Gasteiger partial charge in [-0.05, 0) is 37.4 Å². The van der Waals surface area contributed by atoms with Crippen molar-refractivity contribution >= 4 is 23.5 Å². The first-order valence-electron chi connectivity index (χ1n) is 5.92. The third kappa shape index (κ3) is 4.28. The molecule has 2 heterocycles. The zero-order valence-corrected chi connectivity index (χ0v) is 10.6. The Labute approximate surface area is 105 Å². The highest BCUT2D eigenvalue weighted by atomic mass is 32.1. The summed E-state index contributed by atoms with van der Waals surface area (Å²) in [5.41, 5.74) is 2.56. The molecule has 1 amide bonds. The summed E-state index contributed by atoms with van der Waals surface area (Å²) in [6.07, 6.45) is 5.37. The average molecular weight is 251 g/mol. The summed E-state index contributed by atoms with van der Waals surface area (Å²) in [6, 6.07) is 3.92. The number of hydrogen-bond acceptors (Lipinski definition) is 4. The van der Waals surface area contributed by atoms with E-state index in [0.717, 1.165) is 18.0 Å². The predicted octanol–water partition coefficient (Wildman–Crippen LogP) is 1.68. The summed E-state index contributed by atoms with van der Waals surface area (Å²) < 4.78 is 0. The fraction of sp³-hybridized carbons (Fsp3) is 0.500. The molecule has 17 heavy (non-hydrogen) atoms. The van der Waals surface area contributed by atoms with Gasteiger partial charge in [0.2, 0.25) is 0 Å². The summed E-state index contributed by atoms with van der Waals surface area (Å²) in [6.45, 7) is 2.52. The van der Waals surface area contributed by atoms with Crippen molar-refractivity contribution in [2.45, 2.75) is 19.3 Å². The van der Waals surface area contributed by atoms with Gasteiger partial charge in [-0.15, -0.1) is 11.3 Å². The van der Waals surface area contributed by atoms with Crippen molar-refractivity contribution in [1.82, 2.24) is 10.3 Å². The molecule has 0 spiro atoms. The maximum Gasteiger partial charge on any atom is 0.254 e. The van der Waals surface area contributed by atoms with E-state index < -0.39 is 0 Å². The quantitative estimate of drug-likeness (QED) is 0.653. The lowest BCUT2D eigenvalue weighted by Crippen LogP contribution is -2.38. The smallest absolute Gasteiger partial charge is 0.254 e. The Bertz CT molecular complexity index is 369. The fourth-order valence-corrected chi connectivity index (χ4v) is 2.47. The van der Waals surface area contributed by atoms with E-state index >= 15 is 0 Å². The molecule has 2 rings (SSSR count). The highest BCUT2D eigenvalue weighted by molar-refractivity contribution is 7.11. The van der Waals surface area contributed by atoms with Crippen LogP contribution in [0.15, 0.2) is 22.6 Å². The lowest BCUT2D eigenvalue weighted by molar-refractivity contribution is -0.122. The number of nitrogens with zero attached hydrogens (tertiary/aromatic N) is 2. The van der Waals surface area contributed by atoms with E-state index in [1.54, 1.807) is 17.6 Å². The van der Waals surface area contributed by atoms with Crippen molar-refractivity contribution in [3.63, 3.8) is 0 Å². The first-order chi connectivity index (χ1) is 8.34.